The Morgan fingerprint density at radius 2 is 1.78 bits per heavy atom. The summed E-state index contributed by atoms with van der Waals surface area (Å²) >= 11 is 0. The molecule has 6 rings (SSSR count). The number of benzene rings is 2. The van der Waals surface area contributed by atoms with E-state index in [1.807, 2.05) is 25.1 Å². The number of rotatable bonds is 14. The molecule has 1 aliphatic carbocycles. The fourth-order valence-corrected chi connectivity index (χ4v) is 8.76. The summed E-state index contributed by atoms with van der Waals surface area (Å²) in [7, 11) is 3.02. The first-order valence-corrected chi connectivity index (χ1v) is 19.7. The molecule has 1 aliphatic heterocycles. The number of hydrogen-bond donors (Lipinski definition) is 3. The van der Waals surface area contributed by atoms with Crippen LogP contribution < -0.4 is 26.6 Å². The molecular formula is C44H55N5O6. The van der Waals surface area contributed by atoms with E-state index in [1.54, 1.807) is 13.2 Å². The fraction of sp³-hybridized carbons (Fsp3) is 0.477. The van der Waals surface area contributed by atoms with Crippen LogP contribution in [0.5, 0.6) is 5.88 Å². The topological polar surface area (TPSA) is 145 Å². The number of methoxy groups -OCH3 is 1. The van der Waals surface area contributed by atoms with Gasteiger partial charge in [0, 0.05) is 42.0 Å². The summed E-state index contributed by atoms with van der Waals surface area (Å²) in [6.07, 6.45) is 9.23. The summed E-state index contributed by atoms with van der Waals surface area (Å²) in [6.45, 7) is 9.94. The van der Waals surface area contributed by atoms with E-state index in [2.05, 4.69) is 49.6 Å². The van der Waals surface area contributed by atoms with Gasteiger partial charge in [-0.1, -0.05) is 50.6 Å². The molecule has 4 aromatic rings. The predicted molar refractivity (Wildman–Crippen MR) is 216 cm³/mol. The molecule has 2 aliphatic rings. The number of hydrogen-bond acceptors (Lipinski definition) is 7. The van der Waals surface area contributed by atoms with Crippen molar-refractivity contribution in [2.75, 3.05) is 12.4 Å². The molecule has 0 spiro atoms. The van der Waals surface area contributed by atoms with Crippen LogP contribution >= 0.6 is 0 Å². The lowest BCUT2D eigenvalue weighted by Gasteiger charge is -2.30. The van der Waals surface area contributed by atoms with Crippen molar-refractivity contribution >= 4 is 17.5 Å². The molecule has 1 unspecified atom stereocenters. The molecule has 4 atom stereocenters. The monoisotopic (exact) mass is 749 g/mol. The minimum atomic E-state index is -0.842. The van der Waals surface area contributed by atoms with Crippen LogP contribution in [0.3, 0.4) is 0 Å². The molecule has 3 N–H and O–H groups in total. The molecule has 0 bridgehead atoms. The van der Waals surface area contributed by atoms with Crippen molar-refractivity contribution in [1.29, 1.82) is 0 Å². The molecule has 0 saturated carbocycles. The number of anilines is 1. The van der Waals surface area contributed by atoms with Crippen molar-refractivity contribution in [3.8, 4) is 28.3 Å². The van der Waals surface area contributed by atoms with Gasteiger partial charge in [-0.05, 0) is 118 Å². The molecular weight excluding hydrogens is 695 g/mol. The number of aliphatic hydroxyl groups is 1. The maximum absolute atomic E-state index is 13.5. The highest BCUT2D eigenvalue weighted by Crippen LogP contribution is 2.46. The second kappa shape index (κ2) is 16.4. The molecule has 11 nitrogen and oxygen atoms in total. The van der Waals surface area contributed by atoms with Gasteiger partial charge >= 0.3 is 5.69 Å². The zero-order chi connectivity index (χ0) is 39.6. The minimum absolute atomic E-state index is 0.0508. The first-order valence-electron chi connectivity index (χ1n) is 19.7. The number of pyridine rings is 1. The lowest BCUT2D eigenvalue weighted by atomic mass is 9.81. The second-order valence-electron chi connectivity index (χ2n) is 15.7. The van der Waals surface area contributed by atoms with Crippen LogP contribution in [0.4, 0.5) is 5.69 Å². The van der Waals surface area contributed by atoms with Gasteiger partial charge in [0.1, 0.15) is 5.56 Å². The Labute approximate surface area is 323 Å². The minimum Gasteiger partial charge on any atom is -0.481 e. The Bertz CT molecular complexity index is 2220. The van der Waals surface area contributed by atoms with Gasteiger partial charge in [-0.3, -0.25) is 23.5 Å². The molecule has 2 aromatic carbocycles. The molecule has 1 fully saturated rings. The van der Waals surface area contributed by atoms with Gasteiger partial charge < -0.3 is 20.5 Å². The zero-order valence-electron chi connectivity index (χ0n) is 33.3. The molecule has 292 valence electrons. The van der Waals surface area contributed by atoms with Crippen molar-refractivity contribution in [2.24, 2.45) is 13.0 Å². The molecule has 55 heavy (non-hydrogen) atoms. The second-order valence-corrected chi connectivity index (χ2v) is 15.7. The Kier molecular flexibility index (Phi) is 11.8. The van der Waals surface area contributed by atoms with E-state index in [1.165, 1.54) is 35.9 Å². The van der Waals surface area contributed by atoms with E-state index < -0.39 is 23.3 Å². The number of aromatic nitrogens is 3. The first-order chi connectivity index (χ1) is 26.3. The van der Waals surface area contributed by atoms with Crippen molar-refractivity contribution in [2.45, 2.75) is 117 Å². The zero-order valence-corrected chi connectivity index (χ0v) is 33.3. The van der Waals surface area contributed by atoms with Gasteiger partial charge in [-0.25, -0.2) is 9.78 Å². The number of fused-ring (bicyclic) bond motifs is 1. The number of nitrogens with one attached hydrogen (secondary N) is 2. The van der Waals surface area contributed by atoms with Gasteiger partial charge in [0.25, 0.3) is 11.5 Å². The van der Waals surface area contributed by atoms with Crippen LogP contribution in [-0.2, 0) is 24.8 Å². The molecule has 2 amide bonds. The third-order valence-corrected chi connectivity index (χ3v) is 12.2. The van der Waals surface area contributed by atoms with Gasteiger partial charge in [-0.15, -0.1) is 0 Å². The molecule has 3 heterocycles. The Balaban J connectivity index is 1.25. The molecule has 0 radical (unpaired) electrons. The highest BCUT2D eigenvalue weighted by Gasteiger charge is 2.37. The summed E-state index contributed by atoms with van der Waals surface area (Å²) in [5, 5.41) is 16.0. The van der Waals surface area contributed by atoms with Crippen molar-refractivity contribution in [3.05, 3.63) is 97.3 Å². The third kappa shape index (κ3) is 8.03. The normalized spacial score (nSPS) is 18.8. The highest BCUT2D eigenvalue weighted by molar-refractivity contribution is 6.04. The Hall–Kier alpha value is -5.03. The summed E-state index contributed by atoms with van der Waals surface area (Å²) in [4.78, 5) is 56.2. The van der Waals surface area contributed by atoms with E-state index in [0.29, 0.717) is 29.8 Å². The number of aliphatic hydroxyl groups excluding tert-OH is 1. The van der Waals surface area contributed by atoms with E-state index >= 15 is 0 Å². The SMILES string of the molecule is CCC(CC[C@@]1(CC)CCC(=O)N1)C[C@H]1CCc2cc(-c3cccc(-c4cccc(NC(=O)c5cn(C[C@@H](C)O)c(=O)n(C)c5=O)c4C)c3C)nc(OC)c21. The van der Waals surface area contributed by atoms with E-state index in [-0.39, 0.29) is 23.6 Å². The number of nitrogens with zero attached hydrogens (tertiary/aromatic N) is 3. The summed E-state index contributed by atoms with van der Waals surface area (Å²) in [5.74, 6) is 1.16. The smallest absolute Gasteiger partial charge is 0.330 e. The van der Waals surface area contributed by atoms with Gasteiger partial charge in [0.2, 0.25) is 11.8 Å². The molecule has 1 saturated heterocycles. The predicted octanol–water partition coefficient (Wildman–Crippen LogP) is 6.82. The average Bonchev–Trinajstić information content (AvgIpc) is 3.76. The van der Waals surface area contributed by atoms with Crippen molar-refractivity contribution in [3.63, 3.8) is 0 Å². The molecule has 2 aromatic heterocycles. The van der Waals surface area contributed by atoms with E-state index in [0.717, 1.165) is 89.4 Å². The lowest BCUT2D eigenvalue weighted by Crippen LogP contribution is -2.42. The van der Waals surface area contributed by atoms with Gasteiger partial charge in [0.05, 0.1) is 25.5 Å². The van der Waals surface area contributed by atoms with Crippen LogP contribution in [0.25, 0.3) is 22.4 Å². The maximum Gasteiger partial charge on any atom is 0.330 e. The standard InChI is InChI=1S/C44H55N5O6/c1-8-29(18-20-44(9-2)21-19-38(51)47-44)22-30-16-17-31-23-37(46-41(55-7)39(30)31)34-14-10-12-32(27(34)4)33-13-11-15-36(28(33)5)45-40(52)35-25-49(24-26(3)50)43(54)48(6)42(35)53/h10-15,23,25-26,29-30,50H,8-9,16-22,24H2,1-7H3,(H,45,52)(H,47,51)/t26-,29?,30-,44+/m1/s1. The van der Waals surface area contributed by atoms with E-state index in [9.17, 15) is 24.3 Å². The number of amides is 2. The van der Waals surface area contributed by atoms with Crippen molar-refractivity contribution in [1.82, 2.24) is 19.4 Å². The van der Waals surface area contributed by atoms with Crippen LogP contribution in [0.1, 0.15) is 111 Å². The summed E-state index contributed by atoms with van der Waals surface area (Å²) < 4.78 is 8.06. The highest BCUT2D eigenvalue weighted by atomic mass is 16.5. The number of carbonyl (C=O) groups excluding carboxylic acids is 2. The van der Waals surface area contributed by atoms with Crippen LogP contribution in [0, 0.1) is 19.8 Å². The average molecular weight is 750 g/mol. The summed E-state index contributed by atoms with van der Waals surface area (Å²) in [5.41, 5.74) is 7.09. The fourth-order valence-electron chi connectivity index (χ4n) is 8.76. The number of carbonyl (C=O) groups is 2. The number of ether oxygens (including phenoxy) is 1. The Morgan fingerprint density at radius 3 is 2.44 bits per heavy atom. The third-order valence-electron chi connectivity index (χ3n) is 12.2. The number of aryl methyl sites for hydroxylation is 1. The Morgan fingerprint density at radius 1 is 1.07 bits per heavy atom. The quantitative estimate of drug-likeness (QED) is 0.128. The van der Waals surface area contributed by atoms with Gasteiger partial charge in [-0.2, -0.15) is 0 Å². The van der Waals surface area contributed by atoms with E-state index in [4.69, 9.17) is 9.72 Å². The summed E-state index contributed by atoms with van der Waals surface area (Å²) in [6, 6.07) is 14.0. The van der Waals surface area contributed by atoms with Crippen molar-refractivity contribution < 1.29 is 19.4 Å². The van der Waals surface area contributed by atoms with Crippen LogP contribution in [0.2, 0.25) is 0 Å². The van der Waals surface area contributed by atoms with Crippen LogP contribution in [-0.4, -0.2) is 49.8 Å². The largest absolute Gasteiger partial charge is 0.481 e. The maximum atomic E-state index is 13.5. The molecule has 11 heteroatoms. The van der Waals surface area contributed by atoms with Gasteiger partial charge in [0.15, 0.2) is 0 Å². The van der Waals surface area contributed by atoms with Crippen LogP contribution in [0.15, 0.2) is 58.3 Å². The first kappa shape index (κ1) is 39.7. The lowest BCUT2D eigenvalue weighted by molar-refractivity contribution is -0.119.